The summed E-state index contributed by atoms with van der Waals surface area (Å²) in [5.74, 6) is -0.0132. The minimum atomic E-state index is -0.0132. The highest BCUT2D eigenvalue weighted by Crippen LogP contribution is 2.17. The van der Waals surface area contributed by atoms with Gasteiger partial charge in [0.25, 0.3) is 0 Å². The highest BCUT2D eigenvalue weighted by Gasteiger charge is 2.03. The molecule has 0 fully saturated rings. The molecule has 142 valence electrons. The Morgan fingerprint density at radius 3 is 2.39 bits per heavy atom. The molecule has 4 heteroatoms. The summed E-state index contributed by atoms with van der Waals surface area (Å²) in [6.07, 6.45) is 5.23. The number of nitrogens with zero attached hydrogens (tertiary/aromatic N) is 2. The van der Waals surface area contributed by atoms with Crippen molar-refractivity contribution in [3.8, 4) is 11.3 Å². The summed E-state index contributed by atoms with van der Waals surface area (Å²) < 4.78 is 0. The van der Waals surface area contributed by atoms with Gasteiger partial charge in [-0.3, -0.25) is 9.78 Å². The van der Waals surface area contributed by atoms with Crippen LogP contribution >= 0.6 is 0 Å². The molecule has 0 saturated heterocycles. The Bertz CT molecular complexity index is 914. The highest BCUT2D eigenvalue weighted by atomic mass is 16.1. The molecule has 0 amide bonds. The molecule has 3 aromatic rings. The van der Waals surface area contributed by atoms with Crippen molar-refractivity contribution in [2.45, 2.75) is 0 Å². The first kappa shape index (κ1) is 19.5. The van der Waals surface area contributed by atoms with E-state index in [1.165, 1.54) is 0 Å². The van der Waals surface area contributed by atoms with E-state index >= 15 is 0 Å². The predicted octanol–water partition coefficient (Wildman–Crippen LogP) is 4.62. The number of allylic oxidation sites excluding steroid dienone is 1. The van der Waals surface area contributed by atoms with Gasteiger partial charge in [-0.25, -0.2) is 0 Å². The van der Waals surface area contributed by atoms with Crippen molar-refractivity contribution in [2.24, 2.45) is 0 Å². The molecule has 28 heavy (non-hydrogen) atoms. The van der Waals surface area contributed by atoms with Gasteiger partial charge in [-0.1, -0.05) is 48.5 Å². The van der Waals surface area contributed by atoms with Crippen LogP contribution in [0.25, 0.3) is 17.3 Å². The lowest BCUT2D eigenvalue weighted by Crippen LogP contribution is -2.20. The van der Waals surface area contributed by atoms with Crippen LogP contribution in [-0.4, -0.2) is 42.9 Å². The van der Waals surface area contributed by atoms with Crippen molar-refractivity contribution in [1.82, 2.24) is 9.88 Å². The Kier molecular flexibility index (Phi) is 6.71. The standard InChI is InChI=1S/C24H25N3O/c1-27(2)18-17-25-22-13-6-19(7-14-22)8-15-24(28)21-11-9-20(10-12-21)23-5-3-4-16-26-23/h3-16,25H,17-18H2,1-2H3/b15-8+. The molecule has 2 aromatic carbocycles. The average Bonchev–Trinajstić information content (AvgIpc) is 2.73. The summed E-state index contributed by atoms with van der Waals surface area (Å²) in [7, 11) is 4.11. The first-order chi connectivity index (χ1) is 13.6. The van der Waals surface area contributed by atoms with Gasteiger partial charge in [-0.15, -0.1) is 0 Å². The Morgan fingerprint density at radius 1 is 1.00 bits per heavy atom. The van der Waals surface area contributed by atoms with Gasteiger partial charge >= 0.3 is 0 Å². The second-order valence-corrected chi connectivity index (χ2v) is 6.84. The molecule has 0 radical (unpaired) electrons. The van der Waals surface area contributed by atoms with Crippen LogP contribution in [0.1, 0.15) is 15.9 Å². The van der Waals surface area contributed by atoms with E-state index < -0.39 is 0 Å². The molecule has 1 heterocycles. The van der Waals surface area contributed by atoms with E-state index in [1.54, 1.807) is 12.3 Å². The summed E-state index contributed by atoms with van der Waals surface area (Å²) in [6, 6.07) is 21.4. The number of nitrogens with one attached hydrogen (secondary N) is 1. The normalized spacial score (nSPS) is 11.1. The molecule has 0 aliphatic carbocycles. The topological polar surface area (TPSA) is 45.2 Å². The Balaban J connectivity index is 1.59. The number of carbonyl (C=O) groups is 1. The maximum absolute atomic E-state index is 12.4. The van der Waals surface area contributed by atoms with Gasteiger partial charge < -0.3 is 10.2 Å². The molecule has 0 aliphatic heterocycles. The lowest BCUT2D eigenvalue weighted by molar-refractivity contribution is 0.104. The number of benzene rings is 2. The minimum absolute atomic E-state index is 0.0132. The molecule has 0 spiro atoms. The van der Waals surface area contributed by atoms with Crippen LogP contribution in [0.4, 0.5) is 5.69 Å². The fraction of sp³-hybridized carbons (Fsp3) is 0.167. The quantitative estimate of drug-likeness (QED) is 0.464. The summed E-state index contributed by atoms with van der Waals surface area (Å²) in [5, 5.41) is 3.37. The number of ketones is 1. The maximum Gasteiger partial charge on any atom is 0.185 e. The summed E-state index contributed by atoms with van der Waals surface area (Å²) in [4.78, 5) is 18.9. The SMILES string of the molecule is CN(C)CCNc1ccc(/C=C/C(=O)c2ccc(-c3ccccn3)cc2)cc1. The van der Waals surface area contributed by atoms with Crippen molar-refractivity contribution in [3.05, 3.63) is 90.1 Å². The van der Waals surface area contributed by atoms with Gasteiger partial charge in [-0.2, -0.15) is 0 Å². The molecule has 1 aromatic heterocycles. The number of anilines is 1. The van der Waals surface area contributed by atoms with Crippen LogP contribution in [0.3, 0.4) is 0 Å². The van der Waals surface area contributed by atoms with Gasteiger partial charge in [0.2, 0.25) is 0 Å². The zero-order chi connectivity index (χ0) is 19.8. The third kappa shape index (κ3) is 5.63. The lowest BCUT2D eigenvalue weighted by atomic mass is 10.0. The van der Waals surface area contributed by atoms with E-state index in [1.807, 2.05) is 72.8 Å². The molecule has 0 unspecified atom stereocenters. The Labute approximate surface area is 166 Å². The van der Waals surface area contributed by atoms with E-state index in [2.05, 4.69) is 29.3 Å². The van der Waals surface area contributed by atoms with E-state index in [0.29, 0.717) is 5.56 Å². The molecule has 4 nitrogen and oxygen atoms in total. The average molecular weight is 371 g/mol. The lowest BCUT2D eigenvalue weighted by Gasteiger charge is -2.11. The summed E-state index contributed by atoms with van der Waals surface area (Å²) in [6.45, 7) is 1.88. The number of rotatable bonds is 8. The Hall–Kier alpha value is -3.24. The minimum Gasteiger partial charge on any atom is -0.384 e. The second kappa shape index (κ2) is 9.62. The molecular weight excluding hydrogens is 346 g/mol. The van der Waals surface area contributed by atoms with Crippen molar-refractivity contribution < 1.29 is 4.79 Å². The maximum atomic E-state index is 12.4. The fourth-order valence-electron chi connectivity index (χ4n) is 2.74. The molecule has 0 atom stereocenters. The van der Waals surface area contributed by atoms with Gasteiger partial charge in [0.1, 0.15) is 0 Å². The van der Waals surface area contributed by atoms with E-state index in [9.17, 15) is 4.79 Å². The largest absolute Gasteiger partial charge is 0.384 e. The van der Waals surface area contributed by atoms with Gasteiger partial charge in [0.15, 0.2) is 5.78 Å². The number of carbonyl (C=O) groups excluding carboxylic acids is 1. The van der Waals surface area contributed by atoms with Crippen LogP contribution in [0.5, 0.6) is 0 Å². The number of aromatic nitrogens is 1. The first-order valence-electron chi connectivity index (χ1n) is 9.34. The smallest absolute Gasteiger partial charge is 0.185 e. The number of hydrogen-bond donors (Lipinski definition) is 1. The van der Waals surface area contributed by atoms with E-state index in [0.717, 1.165) is 35.6 Å². The van der Waals surface area contributed by atoms with Crippen LogP contribution < -0.4 is 5.32 Å². The zero-order valence-corrected chi connectivity index (χ0v) is 16.3. The zero-order valence-electron chi connectivity index (χ0n) is 16.3. The highest BCUT2D eigenvalue weighted by molar-refractivity contribution is 6.07. The monoisotopic (exact) mass is 371 g/mol. The van der Waals surface area contributed by atoms with E-state index in [-0.39, 0.29) is 5.78 Å². The summed E-state index contributed by atoms with van der Waals surface area (Å²) in [5.41, 5.74) is 4.64. The second-order valence-electron chi connectivity index (χ2n) is 6.84. The van der Waals surface area contributed by atoms with Crippen LogP contribution in [0, 0.1) is 0 Å². The fourth-order valence-corrected chi connectivity index (χ4v) is 2.74. The molecule has 1 N–H and O–H groups in total. The van der Waals surface area contributed by atoms with Crippen LogP contribution in [0.2, 0.25) is 0 Å². The number of likely N-dealkylation sites (N-methyl/N-ethyl adjacent to an activating group) is 1. The third-order valence-electron chi connectivity index (χ3n) is 4.36. The molecular formula is C24H25N3O. The molecule has 0 bridgehead atoms. The number of pyridine rings is 1. The third-order valence-corrected chi connectivity index (χ3v) is 4.36. The van der Waals surface area contributed by atoms with E-state index in [4.69, 9.17) is 0 Å². The summed E-state index contributed by atoms with van der Waals surface area (Å²) >= 11 is 0. The van der Waals surface area contributed by atoms with Crippen molar-refractivity contribution in [1.29, 1.82) is 0 Å². The van der Waals surface area contributed by atoms with Crippen LogP contribution in [0.15, 0.2) is 79.0 Å². The predicted molar refractivity (Wildman–Crippen MR) is 117 cm³/mol. The van der Waals surface area contributed by atoms with Crippen LogP contribution in [-0.2, 0) is 0 Å². The van der Waals surface area contributed by atoms with Gasteiger partial charge in [0, 0.05) is 36.1 Å². The molecule has 0 aliphatic rings. The first-order valence-corrected chi connectivity index (χ1v) is 9.34. The number of hydrogen-bond acceptors (Lipinski definition) is 4. The van der Waals surface area contributed by atoms with Gasteiger partial charge in [-0.05, 0) is 50.0 Å². The molecule has 0 saturated carbocycles. The van der Waals surface area contributed by atoms with Crippen molar-refractivity contribution >= 4 is 17.5 Å². The Morgan fingerprint density at radius 2 is 1.75 bits per heavy atom. The van der Waals surface area contributed by atoms with Gasteiger partial charge in [0.05, 0.1) is 5.69 Å². The van der Waals surface area contributed by atoms with Crippen molar-refractivity contribution in [3.63, 3.8) is 0 Å². The molecule has 3 rings (SSSR count). The van der Waals surface area contributed by atoms with Crippen molar-refractivity contribution in [2.75, 3.05) is 32.5 Å².